The molecule has 1 N–H and O–H groups in total. The lowest BCUT2D eigenvalue weighted by atomic mass is 9.87. The summed E-state index contributed by atoms with van der Waals surface area (Å²) >= 11 is 0. The van der Waals surface area contributed by atoms with Crippen molar-refractivity contribution in [2.24, 2.45) is 0 Å². The lowest BCUT2D eigenvalue weighted by molar-refractivity contribution is -0.143. The molecule has 3 aliphatic heterocycles. The first kappa shape index (κ1) is 22.0. The number of nitrogens with one attached hydrogen (secondary N) is 1. The Kier molecular flexibility index (Phi) is 6.17. The van der Waals surface area contributed by atoms with E-state index in [9.17, 15) is 9.59 Å². The molecule has 5 rings (SSSR count). The van der Waals surface area contributed by atoms with Gasteiger partial charge in [0.05, 0.1) is 17.7 Å². The van der Waals surface area contributed by atoms with Gasteiger partial charge in [-0.2, -0.15) is 0 Å². The van der Waals surface area contributed by atoms with Crippen molar-refractivity contribution < 1.29 is 14.3 Å². The minimum absolute atomic E-state index is 0.0147. The highest BCUT2D eigenvalue weighted by atomic mass is 16.5. The van der Waals surface area contributed by atoms with E-state index >= 15 is 0 Å². The Morgan fingerprint density at radius 1 is 1.09 bits per heavy atom. The van der Waals surface area contributed by atoms with E-state index in [-0.39, 0.29) is 29.6 Å². The van der Waals surface area contributed by atoms with Gasteiger partial charge < -0.3 is 15.0 Å². The molecule has 1 spiro atoms. The fourth-order valence-corrected chi connectivity index (χ4v) is 5.48. The monoisotopic (exact) mass is 448 g/mol. The van der Waals surface area contributed by atoms with Crippen LogP contribution in [-0.2, 0) is 22.5 Å². The number of nitrogens with zero attached hydrogens (tertiary/aromatic N) is 3. The second-order valence-corrected chi connectivity index (χ2v) is 9.62. The van der Waals surface area contributed by atoms with Gasteiger partial charge in [-0.05, 0) is 62.4 Å². The fraction of sp³-hybridized carbons (Fsp3) is 0.500. The number of pyridine rings is 1. The van der Waals surface area contributed by atoms with E-state index in [2.05, 4.69) is 39.5 Å². The number of hydrogen-bond donors (Lipinski definition) is 1. The Morgan fingerprint density at radius 2 is 1.85 bits per heavy atom. The average molecular weight is 449 g/mol. The summed E-state index contributed by atoms with van der Waals surface area (Å²) in [4.78, 5) is 33.9. The first-order valence-corrected chi connectivity index (χ1v) is 12.0. The number of carbonyl (C=O) groups is 2. The van der Waals surface area contributed by atoms with Crippen molar-refractivity contribution in [3.8, 4) is 0 Å². The first-order chi connectivity index (χ1) is 16.0. The van der Waals surface area contributed by atoms with Crippen molar-refractivity contribution in [1.29, 1.82) is 0 Å². The van der Waals surface area contributed by atoms with Gasteiger partial charge >= 0.3 is 0 Å². The molecular formula is C26H32N4O3. The lowest BCUT2D eigenvalue weighted by Gasteiger charge is -2.42. The van der Waals surface area contributed by atoms with Crippen LogP contribution in [0.3, 0.4) is 0 Å². The van der Waals surface area contributed by atoms with E-state index in [1.165, 1.54) is 11.1 Å². The van der Waals surface area contributed by atoms with Crippen LogP contribution in [-0.4, -0.2) is 71.0 Å². The van der Waals surface area contributed by atoms with E-state index < -0.39 is 0 Å². The molecule has 2 saturated heterocycles. The first-order valence-electron chi connectivity index (χ1n) is 12.0. The molecule has 0 bridgehead atoms. The highest BCUT2D eigenvalue weighted by Gasteiger charge is 2.44. The van der Waals surface area contributed by atoms with Gasteiger partial charge in [0.1, 0.15) is 5.69 Å². The van der Waals surface area contributed by atoms with Gasteiger partial charge in [-0.15, -0.1) is 0 Å². The van der Waals surface area contributed by atoms with Crippen molar-refractivity contribution >= 4 is 11.8 Å². The average Bonchev–Trinajstić information content (AvgIpc) is 3.25. The van der Waals surface area contributed by atoms with Crippen LogP contribution in [0.1, 0.15) is 47.3 Å². The van der Waals surface area contributed by atoms with Gasteiger partial charge in [0.15, 0.2) is 0 Å². The molecule has 174 valence electrons. The molecule has 33 heavy (non-hydrogen) atoms. The number of ether oxygens (including phenoxy) is 1. The Labute approximate surface area is 195 Å². The minimum atomic E-state index is -0.168. The summed E-state index contributed by atoms with van der Waals surface area (Å²) in [6, 6.07) is 13.7. The van der Waals surface area contributed by atoms with Crippen LogP contribution < -0.4 is 5.32 Å². The highest BCUT2D eigenvalue weighted by Crippen LogP contribution is 2.39. The smallest absolute Gasteiger partial charge is 0.269 e. The van der Waals surface area contributed by atoms with Crippen LogP contribution in [0.25, 0.3) is 0 Å². The summed E-state index contributed by atoms with van der Waals surface area (Å²) in [5.74, 6) is 0.0674. The van der Waals surface area contributed by atoms with Crippen LogP contribution in [0.2, 0.25) is 0 Å². The third kappa shape index (κ3) is 4.66. The number of hydrogen-bond acceptors (Lipinski definition) is 5. The summed E-state index contributed by atoms with van der Waals surface area (Å²) in [7, 11) is 2.05. The molecule has 2 amide bonds. The van der Waals surface area contributed by atoms with E-state index in [4.69, 9.17) is 4.74 Å². The molecule has 1 aromatic carbocycles. The molecule has 1 aromatic heterocycles. The predicted octanol–water partition coefficient (Wildman–Crippen LogP) is 2.41. The van der Waals surface area contributed by atoms with E-state index in [0.717, 1.165) is 51.7 Å². The largest absolute Gasteiger partial charge is 0.370 e. The third-order valence-corrected chi connectivity index (χ3v) is 7.48. The molecule has 2 unspecified atom stereocenters. The molecule has 0 aliphatic carbocycles. The van der Waals surface area contributed by atoms with Crippen molar-refractivity contribution in [2.75, 3.05) is 26.7 Å². The SMILES string of the molecule is CN1Cc2ccccc2CC1C(=O)N1CCC2(CCC(CNC(=O)c3ccccn3)O2)CC1. The maximum Gasteiger partial charge on any atom is 0.269 e. The summed E-state index contributed by atoms with van der Waals surface area (Å²) in [5, 5.41) is 2.95. The molecule has 2 atom stereocenters. The Hall–Kier alpha value is -2.77. The van der Waals surface area contributed by atoms with Crippen molar-refractivity contribution in [2.45, 2.75) is 56.4 Å². The number of aromatic nitrogens is 1. The second-order valence-electron chi connectivity index (χ2n) is 9.62. The number of piperidine rings is 1. The van der Waals surface area contributed by atoms with Crippen molar-refractivity contribution in [1.82, 2.24) is 20.1 Å². The standard InChI is InChI=1S/C26H32N4O3/c1-29-18-20-7-3-2-6-19(20)16-23(29)25(32)30-14-11-26(12-15-30)10-9-21(33-26)17-28-24(31)22-8-4-5-13-27-22/h2-8,13,21,23H,9-12,14-18H2,1H3,(H,28,31). The second kappa shape index (κ2) is 9.23. The number of likely N-dealkylation sites (tertiary alicyclic amines) is 1. The summed E-state index contributed by atoms with van der Waals surface area (Å²) in [6.07, 6.45) is 6.04. The number of fused-ring (bicyclic) bond motifs is 1. The topological polar surface area (TPSA) is 74.8 Å². The van der Waals surface area contributed by atoms with Crippen LogP contribution in [0, 0.1) is 0 Å². The van der Waals surface area contributed by atoms with Gasteiger partial charge in [-0.3, -0.25) is 19.5 Å². The molecular weight excluding hydrogens is 416 g/mol. The molecule has 7 heteroatoms. The quantitative estimate of drug-likeness (QED) is 0.778. The maximum absolute atomic E-state index is 13.3. The number of carbonyl (C=O) groups excluding carboxylic acids is 2. The Morgan fingerprint density at radius 3 is 2.61 bits per heavy atom. The molecule has 3 aliphatic rings. The molecule has 2 fully saturated rings. The predicted molar refractivity (Wildman–Crippen MR) is 125 cm³/mol. The fourth-order valence-electron chi connectivity index (χ4n) is 5.48. The summed E-state index contributed by atoms with van der Waals surface area (Å²) in [5.41, 5.74) is 2.87. The Bertz CT molecular complexity index is 1000. The van der Waals surface area contributed by atoms with Crippen LogP contribution >= 0.6 is 0 Å². The summed E-state index contributed by atoms with van der Waals surface area (Å²) in [6.45, 7) is 2.78. The number of amides is 2. The van der Waals surface area contributed by atoms with Crippen LogP contribution in [0.4, 0.5) is 0 Å². The highest BCUT2D eigenvalue weighted by molar-refractivity contribution is 5.92. The van der Waals surface area contributed by atoms with Gasteiger partial charge in [0, 0.05) is 32.4 Å². The zero-order valence-electron chi connectivity index (χ0n) is 19.2. The van der Waals surface area contributed by atoms with Crippen molar-refractivity contribution in [3.05, 3.63) is 65.5 Å². The molecule has 2 aromatic rings. The van der Waals surface area contributed by atoms with Crippen LogP contribution in [0.15, 0.2) is 48.7 Å². The molecule has 0 radical (unpaired) electrons. The zero-order chi connectivity index (χ0) is 22.8. The molecule has 0 saturated carbocycles. The zero-order valence-corrected chi connectivity index (χ0v) is 19.2. The van der Waals surface area contributed by atoms with Gasteiger partial charge in [-0.1, -0.05) is 30.3 Å². The maximum atomic E-state index is 13.3. The van der Waals surface area contributed by atoms with Gasteiger partial charge in [-0.25, -0.2) is 0 Å². The number of likely N-dealkylation sites (N-methyl/N-ethyl adjacent to an activating group) is 1. The normalized spacial score (nSPS) is 24.5. The minimum Gasteiger partial charge on any atom is -0.370 e. The van der Waals surface area contributed by atoms with Crippen LogP contribution in [0.5, 0.6) is 0 Å². The Balaban J connectivity index is 1.12. The third-order valence-electron chi connectivity index (χ3n) is 7.48. The van der Waals surface area contributed by atoms with Crippen molar-refractivity contribution in [3.63, 3.8) is 0 Å². The summed E-state index contributed by atoms with van der Waals surface area (Å²) < 4.78 is 6.43. The number of benzene rings is 1. The van der Waals surface area contributed by atoms with Gasteiger partial charge in [0.25, 0.3) is 5.91 Å². The lowest BCUT2D eigenvalue weighted by Crippen LogP contribution is -2.54. The van der Waals surface area contributed by atoms with E-state index in [1.54, 1.807) is 18.3 Å². The molecule has 7 nitrogen and oxygen atoms in total. The van der Waals surface area contributed by atoms with Gasteiger partial charge in [0.2, 0.25) is 5.91 Å². The van der Waals surface area contributed by atoms with E-state index in [0.29, 0.717) is 12.2 Å². The molecule has 4 heterocycles. The van der Waals surface area contributed by atoms with E-state index in [1.807, 2.05) is 18.0 Å². The number of rotatable bonds is 4.